The van der Waals surface area contributed by atoms with Gasteiger partial charge in [0.25, 0.3) is 0 Å². The summed E-state index contributed by atoms with van der Waals surface area (Å²) >= 11 is 0. The summed E-state index contributed by atoms with van der Waals surface area (Å²) in [5.41, 5.74) is 2.66. The maximum Gasteiger partial charge on any atom is 0.119 e. The Morgan fingerprint density at radius 2 is 1.46 bits per heavy atom. The highest BCUT2D eigenvalue weighted by atomic mass is 35.5. The van der Waals surface area contributed by atoms with Crippen molar-refractivity contribution in [3.8, 4) is 5.75 Å². The second-order valence-corrected chi connectivity index (χ2v) is 7.02. The molecule has 0 bridgehead atoms. The van der Waals surface area contributed by atoms with E-state index in [1.54, 1.807) is 0 Å². The first-order valence-corrected chi connectivity index (χ1v) is 9.61. The monoisotopic (exact) mass is 426 g/mol. The van der Waals surface area contributed by atoms with Crippen molar-refractivity contribution in [2.24, 2.45) is 0 Å². The summed E-state index contributed by atoms with van der Waals surface area (Å²) in [5, 5.41) is 10.3. The van der Waals surface area contributed by atoms with Crippen molar-refractivity contribution in [1.29, 1.82) is 0 Å². The molecule has 1 aliphatic heterocycles. The number of aliphatic hydroxyl groups is 1. The number of ether oxygens (including phenoxy) is 1. The molecule has 0 aliphatic carbocycles. The minimum Gasteiger partial charge on any atom is -0.491 e. The molecule has 1 saturated heterocycles. The van der Waals surface area contributed by atoms with Gasteiger partial charge in [-0.1, -0.05) is 49.4 Å². The summed E-state index contributed by atoms with van der Waals surface area (Å²) in [6.07, 6.45) is 0.570. The molecule has 156 valence electrons. The van der Waals surface area contributed by atoms with Gasteiger partial charge in [-0.3, -0.25) is 9.80 Å². The topological polar surface area (TPSA) is 35.9 Å². The molecule has 0 radical (unpaired) electrons. The predicted octanol–water partition coefficient (Wildman–Crippen LogP) is 3.65. The van der Waals surface area contributed by atoms with Crippen molar-refractivity contribution < 1.29 is 9.84 Å². The Labute approximate surface area is 181 Å². The number of aryl methyl sites for hydroxylation is 1. The highest BCUT2D eigenvalue weighted by molar-refractivity contribution is 5.85. The van der Waals surface area contributed by atoms with Crippen molar-refractivity contribution in [2.45, 2.75) is 26.0 Å². The van der Waals surface area contributed by atoms with Crippen LogP contribution in [0.4, 0.5) is 0 Å². The molecule has 1 N–H and O–H groups in total. The largest absolute Gasteiger partial charge is 0.491 e. The van der Waals surface area contributed by atoms with E-state index in [4.69, 9.17) is 4.74 Å². The van der Waals surface area contributed by atoms with Crippen LogP contribution in [0.1, 0.15) is 18.1 Å². The van der Waals surface area contributed by atoms with E-state index in [9.17, 15) is 5.11 Å². The molecule has 4 nitrogen and oxygen atoms in total. The second kappa shape index (κ2) is 13.0. The van der Waals surface area contributed by atoms with Crippen LogP contribution in [0.25, 0.3) is 0 Å². The van der Waals surface area contributed by atoms with Crippen molar-refractivity contribution in [3.63, 3.8) is 0 Å². The van der Waals surface area contributed by atoms with E-state index in [-0.39, 0.29) is 24.8 Å². The lowest BCUT2D eigenvalue weighted by Gasteiger charge is -2.35. The zero-order chi connectivity index (χ0) is 18.2. The molecule has 0 saturated carbocycles. The van der Waals surface area contributed by atoms with E-state index >= 15 is 0 Å². The van der Waals surface area contributed by atoms with Crippen LogP contribution >= 0.6 is 24.8 Å². The van der Waals surface area contributed by atoms with Crippen molar-refractivity contribution >= 4 is 24.8 Å². The molecule has 0 amide bonds. The molecule has 2 aromatic rings. The number of β-amino-alcohol motifs (C(OH)–C–C–N with tert-alkyl or cyclic N) is 1. The van der Waals surface area contributed by atoms with E-state index in [0.717, 1.165) is 44.9 Å². The molecular weight excluding hydrogens is 395 g/mol. The summed E-state index contributed by atoms with van der Waals surface area (Å²) in [4.78, 5) is 4.81. The lowest BCUT2D eigenvalue weighted by molar-refractivity contribution is 0.0446. The zero-order valence-electron chi connectivity index (χ0n) is 16.5. The van der Waals surface area contributed by atoms with Crippen LogP contribution in [0.15, 0.2) is 54.6 Å². The average molecular weight is 427 g/mol. The van der Waals surface area contributed by atoms with Crippen LogP contribution in [0.3, 0.4) is 0 Å². The Hall–Kier alpha value is -1.30. The first kappa shape index (κ1) is 24.7. The molecule has 6 heteroatoms. The van der Waals surface area contributed by atoms with Crippen LogP contribution in [0.5, 0.6) is 5.75 Å². The molecule has 0 spiro atoms. The van der Waals surface area contributed by atoms with Crippen LogP contribution in [0, 0.1) is 0 Å². The number of benzene rings is 2. The molecule has 1 unspecified atom stereocenters. The van der Waals surface area contributed by atoms with E-state index in [0.29, 0.717) is 13.2 Å². The summed E-state index contributed by atoms with van der Waals surface area (Å²) in [6.45, 7) is 8.24. The third-order valence-electron chi connectivity index (χ3n) is 4.96. The smallest absolute Gasteiger partial charge is 0.119 e. The number of halogens is 2. The standard InChI is InChI=1S/C22H30N2O2.2ClH/c1-2-19-8-10-22(11-9-19)26-18-21(25)17-24-14-12-23(13-15-24)16-20-6-4-3-5-7-20;;/h3-11,21,25H,2,12-18H2,1H3;2*1H. The molecule has 1 aliphatic rings. The number of aliphatic hydroxyl groups excluding tert-OH is 1. The van der Waals surface area contributed by atoms with E-state index in [1.165, 1.54) is 11.1 Å². The number of hydrogen-bond acceptors (Lipinski definition) is 4. The second-order valence-electron chi connectivity index (χ2n) is 7.02. The van der Waals surface area contributed by atoms with Gasteiger partial charge in [0.05, 0.1) is 0 Å². The van der Waals surface area contributed by atoms with E-state index in [1.807, 2.05) is 12.1 Å². The minimum absolute atomic E-state index is 0. The number of piperazine rings is 1. The molecule has 1 fully saturated rings. The van der Waals surface area contributed by atoms with Gasteiger partial charge in [-0.2, -0.15) is 0 Å². The third-order valence-corrected chi connectivity index (χ3v) is 4.96. The Morgan fingerprint density at radius 3 is 2.07 bits per heavy atom. The van der Waals surface area contributed by atoms with Crippen LogP contribution in [0.2, 0.25) is 0 Å². The Bertz CT molecular complexity index is 647. The number of rotatable bonds is 8. The minimum atomic E-state index is -0.457. The third kappa shape index (κ3) is 7.98. The molecule has 3 rings (SSSR count). The molecule has 2 aromatic carbocycles. The fourth-order valence-corrected chi connectivity index (χ4v) is 3.34. The maximum atomic E-state index is 10.3. The Balaban J connectivity index is 0.00000196. The SMILES string of the molecule is CCc1ccc(OCC(O)CN2CCN(Cc3ccccc3)CC2)cc1.Cl.Cl. The van der Waals surface area contributed by atoms with Gasteiger partial charge in [0.15, 0.2) is 0 Å². The molecule has 1 atom stereocenters. The van der Waals surface area contributed by atoms with Crippen LogP contribution in [-0.2, 0) is 13.0 Å². The lowest BCUT2D eigenvalue weighted by Crippen LogP contribution is -2.48. The normalized spacial score (nSPS) is 15.9. The van der Waals surface area contributed by atoms with Crippen molar-refractivity contribution in [3.05, 3.63) is 65.7 Å². The molecular formula is C22H32Cl2N2O2. The number of nitrogens with zero attached hydrogens (tertiary/aromatic N) is 2. The van der Waals surface area contributed by atoms with Gasteiger partial charge in [0, 0.05) is 39.3 Å². The highest BCUT2D eigenvalue weighted by Crippen LogP contribution is 2.13. The zero-order valence-corrected chi connectivity index (χ0v) is 18.1. The van der Waals surface area contributed by atoms with Crippen molar-refractivity contribution in [2.75, 3.05) is 39.3 Å². The quantitative estimate of drug-likeness (QED) is 0.698. The van der Waals surface area contributed by atoms with E-state index in [2.05, 4.69) is 59.2 Å². The van der Waals surface area contributed by atoms with Crippen LogP contribution in [-0.4, -0.2) is 60.3 Å². The highest BCUT2D eigenvalue weighted by Gasteiger charge is 2.19. The van der Waals surface area contributed by atoms with Gasteiger partial charge >= 0.3 is 0 Å². The van der Waals surface area contributed by atoms with Gasteiger partial charge < -0.3 is 9.84 Å². The predicted molar refractivity (Wildman–Crippen MR) is 120 cm³/mol. The summed E-state index contributed by atoms with van der Waals surface area (Å²) in [7, 11) is 0. The summed E-state index contributed by atoms with van der Waals surface area (Å²) < 4.78 is 5.72. The Kier molecular flexibility index (Phi) is 11.5. The summed E-state index contributed by atoms with van der Waals surface area (Å²) in [6, 6.07) is 18.7. The van der Waals surface area contributed by atoms with Gasteiger partial charge in [0.1, 0.15) is 18.5 Å². The maximum absolute atomic E-state index is 10.3. The van der Waals surface area contributed by atoms with Crippen molar-refractivity contribution in [1.82, 2.24) is 9.80 Å². The first-order chi connectivity index (χ1) is 12.7. The van der Waals surface area contributed by atoms with Gasteiger partial charge in [-0.15, -0.1) is 24.8 Å². The van der Waals surface area contributed by atoms with Gasteiger partial charge in [0.2, 0.25) is 0 Å². The van der Waals surface area contributed by atoms with Gasteiger partial charge in [-0.25, -0.2) is 0 Å². The average Bonchev–Trinajstić information content (AvgIpc) is 2.69. The van der Waals surface area contributed by atoms with Gasteiger partial charge in [-0.05, 0) is 29.7 Å². The molecule has 0 aromatic heterocycles. The fourth-order valence-electron chi connectivity index (χ4n) is 3.34. The number of hydrogen-bond donors (Lipinski definition) is 1. The Morgan fingerprint density at radius 1 is 0.857 bits per heavy atom. The lowest BCUT2D eigenvalue weighted by atomic mass is 10.2. The molecule has 1 heterocycles. The fraction of sp³-hybridized carbons (Fsp3) is 0.455. The van der Waals surface area contributed by atoms with E-state index < -0.39 is 6.10 Å². The molecule has 28 heavy (non-hydrogen) atoms. The summed E-state index contributed by atoms with van der Waals surface area (Å²) in [5.74, 6) is 0.828. The van der Waals surface area contributed by atoms with Crippen LogP contribution < -0.4 is 4.74 Å². The first-order valence-electron chi connectivity index (χ1n) is 9.61.